The Morgan fingerprint density at radius 2 is 1.65 bits per heavy atom. The van der Waals surface area contributed by atoms with Gasteiger partial charge in [0, 0.05) is 7.05 Å². The summed E-state index contributed by atoms with van der Waals surface area (Å²) >= 11 is 0. The summed E-state index contributed by atoms with van der Waals surface area (Å²) in [6.45, 7) is 6.48. The fourth-order valence-electron chi connectivity index (χ4n) is 1.34. The molecular formula is C15H29NO. The second-order valence-corrected chi connectivity index (χ2v) is 4.44. The molecule has 0 heterocycles. The van der Waals surface area contributed by atoms with Crippen molar-refractivity contribution in [2.24, 2.45) is 0 Å². The topological polar surface area (TPSA) is 12.5 Å². The molecule has 0 aromatic heterocycles. The Morgan fingerprint density at radius 1 is 1.06 bits per heavy atom. The minimum Gasteiger partial charge on any atom is -0.479 e. The van der Waals surface area contributed by atoms with E-state index in [1.54, 1.807) is 0 Å². The first-order valence-electron chi connectivity index (χ1n) is 6.91. The molecule has 0 spiro atoms. The predicted molar refractivity (Wildman–Crippen MR) is 75.6 cm³/mol. The quantitative estimate of drug-likeness (QED) is 0.311. The van der Waals surface area contributed by atoms with Crippen LogP contribution in [0.2, 0.25) is 0 Å². The van der Waals surface area contributed by atoms with Crippen molar-refractivity contribution in [2.75, 3.05) is 7.05 Å². The van der Waals surface area contributed by atoms with Crippen molar-refractivity contribution in [3.8, 4) is 0 Å². The number of hydrogen-bond acceptors (Lipinski definition) is 2. The molecule has 0 fully saturated rings. The molecule has 0 aliphatic carbocycles. The van der Waals surface area contributed by atoms with E-state index in [0.29, 0.717) is 0 Å². The molecular weight excluding hydrogens is 210 g/mol. The van der Waals surface area contributed by atoms with Gasteiger partial charge in [0.25, 0.3) is 0 Å². The predicted octanol–water partition coefficient (Wildman–Crippen LogP) is 4.69. The summed E-state index contributed by atoms with van der Waals surface area (Å²) in [7, 11) is 2.05. The fraction of sp³-hybridized carbons (Fsp3) is 0.733. The van der Waals surface area contributed by atoms with E-state index >= 15 is 0 Å². The maximum Gasteiger partial charge on any atom is 0.167 e. The van der Waals surface area contributed by atoms with E-state index in [9.17, 15) is 0 Å². The van der Waals surface area contributed by atoms with Gasteiger partial charge >= 0.3 is 0 Å². The van der Waals surface area contributed by atoms with Gasteiger partial charge in [0.1, 0.15) is 0 Å². The van der Waals surface area contributed by atoms with Crippen LogP contribution in [0.15, 0.2) is 24.6 Å². The van der Waals surface area contributed by atoms with Gasteiger partial charge in [-0.1, -0.05) is 39.2 Å². The van der Waals surface area contributed by atoms with Gasteiger partial charge < -0.3 is 9.64 Å². The molecule has 100 valence electrons. The molecule has 0 bridgehead atoms. The highest BCUT2D eigenvalue weighted by molar-refractivity contribution is 4.82. The van der Waals surface area contributed by atoms with E-state index < -0.39 is 0 Å². The van der Waals surface area contributed by atoms with Crippen molar-refractivity contribution >= 4 is 0 Å². The molecule has 0 radical (unpaired) electrons. The highest BCUT2D eigenvalue weighted by Crippen LogP contribution is 2.03. The molecule has 0 aliphatic heterocycles. The molecule has 1 atom stereocenters. The van der Waals surface area contributed by atoms with Gasteiger partial charge in [-0.3, -0.25) is 0 Å². The molecule has 2 heteroatoms. The Bertz CT molecular complexity index is 211. The van der Waals surface area contributed by atoms with Gasteiger partial charge in [-0.15, -0.1) is 0 Å². The normalized spacial score (nSPS) is 13.4. The number of ether oxygens (including phenoxy) is 1. The Balaban J connectivity index is 3.69. The van der Waals surface area contributed by atoms with Crippen molar-refractivity contribution < 1.29 is 4.74 Å². The van der Waals surface area contributed by atoms with Crippen LogP contribution in [-0.2, 0) is 4.74 Å². The van der Waals surface area contributed by atoms with Gasteiger partial charge in [0.2, 0.25) is 0 Å². The largest absolute Gasteiger partial charge is 0.479 e. The first-order valence-corrected chi connectivity index (χ1v) is 6.91. The lowest BCUT2D eigenvalue weighted by molar-refractivity contribution is 0.0532. The number of allylic oxidation sites excluding steroid dienone is 2. The van der Waals surface area contributed by atoms with E-state index in [0.717, 1.165) is 12.8 Å². The molecule has 0 aromatic carbocycles. The van der Waals surface area contributed by atoms with E-state index in [1.807, 2.05) is 13.3 Å². The summed E-state index contributed by atoms with van der Waals surface area (Å²) < 4.78 is 5.60. The summed E-state index contributed by atoms with van der Waals surface area (Å²) in [5.74, 6) is 0. The van der Waals surface area contributed by atoms with Crippen LogP contribution >= 0.6 is 0 Å². The number of nitrogens with zero attached hydrogens (tertiary/aromatic N) is 1. The van der Waals surface area contributed by atoms with E-state index in [4.69, 9.17) is 4.74 Å². The summed E-state index contributed by atoms with van der Waals surface area (Å²) in [5, 5.41) is 0. The number of unbranched alkanes of at least 4 members (excludes halogenated alkanes) is 4. The summed E-state index contributed by atoms with van der Waals surface area (Å²) in [4.78, 5) is 2.10. The minimum atomic E-state index is 0.103. The molecule has 0 amide bonds. The van der Waals surface area contributed by atoms with Gasteiger partial charge in [-0.25, -0.2) is 0 Å². The highest BCUT2D eigenvalue weighted by Gasteiger charge is 2.02. The summed E-state index contributed by atoms with van der Waals surface area (Å²) in [6, 6.07) is 0. The second-order valence-electron chi connectivity index (χ2n) is 4.44. The Kier molecular flexibility index (Phi) is 10.9. The fourth-order valence-corrected chi connectivity index (χ4v) is 1.34. The summed E-state index contributed by atoms with van der Waals surface area (Å²) in [6.07, 6.45) is 15.6. The van der Waals surface area contributed by atoms with Gasteiger partial charge in [-0.05, 0) is 38.5 Å². The van der Waals surface area contributed by atoms with E-state index in [-0.39, 0.29) is 6.23 Å². The van der Waals surface area contributed by atoms with Crippen molar-refractivity contribution in [1.29, 1.82) is 0 Å². The highest BCUT2D eigenvalue weighted by atomic mass is 16.5. The molecule has 0 N–H and O–H groups in total. The van der Waals surface area contributed by atoms with Crippen molar-refractivity contribution in [1.82, 2.24) is 4.90 Å². The zero-order valence-corrected chi connectivity index (χ0v) is 12.0. The van der Waals surface area contributed by atoms with Crippen LogP contribution in [0.5, 0.6) is 0 Å². The zero-order chi connectivity index (χ0) is 12.9. The van der Waals surface area contributed by atoms with Crippen LogP contribution < -0.4 is 0 Å². The molecule has 0 saturated carbocycles. The molecule has 1 unspecified atom stereocenters. The maximum absolute atomic E-state index is 5.60. The monoisotopic (exact) mass is 239 g/mol. The maximum atomic E-state index is 5.60. The third-order valence-corrected chi connectivity index (χ3v) is 2.73. The van der Waals surface area contributed by atoms with E-state index in [2.05, 4.69) is 44.0 Å². The minimum absolute atomic E-state index is 0.103. The SMILES string of the molecule is CCCCC=COC(C)N(C)C=CCCCC. The molecule has 0 saturated heterocycles. The molecule has 0 aliphatic rings. The average molecular weight is 239 g/mol. The van der Waals surface area contributed by atoms with Gasteiger partial charge in [0.15, 0.2) is 6.23 Å². The Morgan fingerprint density at radius 3 is 2.24 bits per heavy atom. The molecule has 0 aromatic rings. The van der Waals surface area contributed by atoms with E-state index in [1.165, 1.54) is 25.7 Å². The third kappa shape index (κ3) is 9.98. The van der Waals surface area contributed by atoms with Crippen LogP contribution in [0, 0.1) is 0 Å². The summed E-state index contributed by atoms with van der Waals surface area (Å²) in [5.41, 5.74) is 0. The van der Waals surface area contributed by atoms with Crippen molar-refractivity contribution in [2.45, 2.75) is 65.5 Å². The lowest BCUT2D eigenvalue weighted by Gasteiger charge is -2.22. The first-order chi connectivity index (χ1) is 8.22. The van der Waals surface area contributed by atoms with Crippen LogP contribution in [0.1, 0.15) is 59.3 Å². The van der Waals surface area contributed by atoms with Crippen molar-refractivity contribution in [3.63, 3.8) is 0 Å². The number of rotatable bonds is 10. The first kappa shape index (κ1) is 16.1. The zero-order valence-electron chi connectivity index (χ0n) is 12.0. The average Bonchev–Trinajstić information content (AvgIpc) is 2.34. The lowest BCUT2D eigenvalue weighted by Crippen LogP contribution is -2.24. The second kappa shape index (κ2) is 11.6. The Hall–Kier alpha value is -0.920. The Labute approximate surface area is 107 Å². The van der Waals surface area contributed by atoms with Gasteiger partial charge in [0.05, 0.1) is 6.26 Å². The van der Waals surface area contributed by atoms with Crippen LogP contribution in [0.25, 0.3) is 0 Å². The standard InChI is InChI=1S/C15H29NO/c1-5-7-9-11-13-16(4)15(3)17-14-12-10-8-6-2/h11-15H,5-10H2,1-4H3. The molecule has 0 rings (SSSR count). The van der Waals surface area contributed by atoms with Crippen LogP contribution in [0.4, 0.5) is 0 Å². The molecule has 2 nitrogen and oxygen atoms in total. The third-order valence-electron chi connectivity index (χ3n) is 2.73. The number of hydrogen-bond donors (Lipinski definition) is 0. The van der Waals surface area contributed by atoms with Crippen LogP contribution in [0.3, 0.4) is 0 Å². The van der Waals surface area contributed by atoms with Gasteiger partial charge in [-0.2, -0.15) is 0 Å². The smallest absolute Gasteiger partial charge is 0.167 e. The van der Waals surface area contributed by atoms with Crippen LogP contribution in [-0.4, -0.2) is 18.2 Å². The van der Waals surface area contributed by atoms with Crippen molar-refractivity contribution in [3.05, 3.63) is 24.6 Å². The molecule has 17 heavy (non-hydrogen) atoms. The lowest BCUT2D eigenvalue weighted by atomic mass is 10.2.